The summed E-state index contributed by atoms with van der Waals surface area (Å²) in [6.45, 7) is 6.05. The van der Waals surface area contributed by atoms with Crippen molar-refractivity contribution >= 4 is 23.5 Å². The van der Waals surface area contributed by atoms with Gasteiger partial charge in [-0.1, -0.05) is 56.3 Å². The zero-order valence-electron chi connectivity index (χ0n) is 14.0. The van der Waals surface area contributed by atoms with Gasteiger partial charge in [0.15, 0.2) is 0 Å². The number of carbonyl (C=O) groups excluding carboxylic acids is 1. The van der Waals surface area contributed by atoms with Crippen LogP contribution < -0.4 is 5.32 Å². The number of nitrogens with zero attached hydrogens (tertiary/aromatic N) is 1. The number of amides is 1. The molecule has 1 N–H and O–H groups in total. The van der Waals surface area contributed by atoms with Gasteiger partial charge in [0.2, 0.25) is 5.91 Å². The van der Waals surface area contributed by atoms with E-state index in [0.29, 0.717) is 6.42 Å². The molecule has 1 unspecified atom stereocenters. The van der Waals surface area contributed by atoms with Crippen LogP contribution in [-0.4, -0.2) is 12.1 Å². The third-order valence-electron chi connectivity index (χ3n) is 3.89. The van der Waals surface area contributed by atoms with Gasteiger partial charge in [0.25, 0.3) is 0 Å². The second kappa shape index (κ2) is 8.28. The molecule has 3 heteroatoms. The minimum atomic E-state index is 0.0159. The highest BCUT2D eigenvalue weighted by Gasteiger charge is 2.13. The van der Waals surface area contributed by atoms with Crippen molar-refractivity contribution in [3.05, 3.63) is 59.7 Å². The molecule has 0 aliphatic rings. The van der Waals surface area contributed by atoms with Crippen LogP contribution >= 0.6 is 0 Å². The van der Waals surface area contributed by atoms with Gasteiger partial charge in [-0.25, -0.2) is 0 Å². The predicted molar refractivity (Wildman–Crippen MR) is 97.7 cm³/mol. The fraction of sp³-hybridized carbons (Fsp3) is 0.300. The standard InChI is InChI=1S/C20H24N2O/c1-4-16-12-9-13-18(20(16)21-5-2)22-19(23)14-15(3)17-10-7-6-8-11-17/h5-13,15H,4,14H2,1-3H3,(H,22,23). The Morgan fingerprint density at radius 3 is 2.57 bits per heavy atom. The number of carbonyl (C=O) groups is 1. The smallest absolute Gasteiger partial charge is 0.225 e. The molecule has 0 spiro atoms. The molecule has 0 saturated carbocycles. The molecule has 1 amide bonds. The van der Waals surface area contributed by atoms with Gasteiger partial charge in [-0.05, 0) is 36.5 Å². The normalized spacial score (nSPS) is 12.3. The third-order valence-corrected chi connectivity index (χ3v) is 3.89. The van der Waals surface area contributed by atoms with Crippen LogP contribution in [0.3, 0.4) is 0 Å². The molecule has 2 aromatic carbocycles. The number of rotatable bonds is 6. The Kier molecular flexibility index (Phi) is 6.10. The van der Waals surface area contributed by atoms with Crippen molar-refractivity contribution in [2.24, 2.45) is 4.99 Å². The lowest BCUT2D eigenvalue weighted by atomic mass is 9.97. The summed E-state index contributed by atoms with van der Waals surface area (Å²) in [5.74, 6) is 0.200. The van der Waals surface area contributed by atoms with Gasteiger partial charge in [-0.15, -0.1) is 0 Å². The molecule has 0 heterocycles. The number of hydrogen-bond acceptors (Lipinski definition) is 2. The zero-order chi connectivity index (χ0) is 16.7. The fourth-order valence-electron chi connectivity index (χ4n) is 2.64. The van der Waals surface area contributed by atoms with E-state index in [2.05, 4.69) is 36.3 Å². The Morgan fingerprint density at radius 2 is 1.91 bits per heavy atom. The van der Waals surface area contributed by atoms with Crippen molar-refractivity contribution in [3.63, 3.8) is 0 Å². The second-order valence-electron chi connectivity index (χ2n) is 5.62. The van der Waals surface area contributed by atoms with E-state index in [1.54, 1.807) is 6.21 Å². The van der Waals surface area contributed by atoms with Gasteiger partial charge < -0.3 is 5.32 Å². The molecule has 1 atom stereocenters. The summed E-state index contributed by atoms with van der Waals surface area (Å²) >= 11 is 0. The minimum absolute atomic E-state index is 0.0159. The van der Waals surface area contributed by atoms with Crippen LogP contribution in [0.4, 0.5) is 11.4 Å². The van der Waals surface area contributed by atoms with Crippen LogP contribution in [0.15, 0.2) is 53.5 Å². The average Bonchev–Trinajstić information content (AvgIpc) is 2.57. The number of nitrogens with one attached hydrogen (secondary N) is 1. The van der Waals surface area contributed by atoms with E-state index >= 15 is 0 Å². The average molecular weight is 308 g/mol. The Hall–Kier alpha value is -2.42. The maximum absolute atomic E-state index is 12.4. The van der Waals surface area contributed by atoms with E-state index in [1.807, 2.05) is 43.3 Å². The molecular formula is C20H24N2O. The van der Waals surface area contributed by atoms with Crippen LogP contribution in [0.25, 0.3) is 0 Å². The number of hydrogen-bond donors (Lipinski definition) is 1. The molecule has 0 fully saturated rings. The first-order valence-electron chi connectivity index (χ1n) is 8.11. The zero-order valence-corrected chi connectivity index (χ0v) is 14.0. The van der Waals surface area contributed by atoms with E-state index in [0.717, 1.165) is 23.4 Å². The lowest BCUT2D eigenvalue weighted by molar-refractivity contribution is -0.116. The van der Waals surface area contributed by atoms with Crippen molar-refractivity contribution in [2.75, 3.05) is 5.32 Å². The molecule has 0 aromatic heterocycles. The van der Waals surface area contributed by atoms with Crippen molar-refractivity contribution in [1.82, 2.24) is 0 Å². The first-order chi connectivity index (χ1) is 11.2. The first kappa shape index (κ1) is 16.9. The van der Waals surface area contributed by atoms with E-state index in [1.165, 1.54) is 5.56 Å². The predicted octanol–water partition coefficient (Wildman–Crippen LogP) is 5.10. The van der Waals surface area contributed by atoms with E-state index < -0.39 is 0 Å². The monoisotopic (exact) mass is 308 g/mol. The molecule has 2 rings (SSSR count). The summed E-state index contributed by atoms with van der Waals surface area (Å²) < 4.78 is 0. The highest BCUT2D eigenvalue weighted by atomic mass is 16.1. The fourth-order valence-corrected chi connectivity index (χ4v) is 2.64. The summed E-state index contributed by atoms with van der Waals surface area (Å²) in [6, 6.07) is 16.0. The van der Waals surface area contributed by atoms with Gasteiger partial charge in [0.05, 0.1) is 11.4 Å². The highest BCUT2D eigenvalue weighted by molar-refractivity contribution is 5.95. The molecule has 23 heavy (non-hydrogen) atoms. The van der Waals surface area contributed by atoms with Crippen LogP contribution in [-0.2, 0) is 11.2 Å². The van der Waals surface area contributed by atoms with Crippen molar-refractivity contribution in [2.45, 2.75) is 39.5 Å². The molecule has 0 saturated heterocycles. The molecule has 3 nitrogen and oxygen atoms in total. The number of para-hydroxylation sites is 1. The van der Waals surface area contributed by atoms with Crippen LogP contribution in [0, 0.1) is 0 Å². The Labute approximate surface area is 138 Å². The van der Waals surface area contributed by atoms with Crippen LogP contribution in [0.1, 0.15) is 44.2 Å². The highest BCUT2D eigenvalue weighted by Crippen LogP contribution is 2.30. The molecule has 2 aromatic rings. The van der Waals surface area contributed by atoms with Crippen LogP contribution in [0.2, 0.25) is 0 Å². The molecule has 120 valence electrons. The second-order valence-corrected chi connectivity index (χ2v) is 5.62. The largest absolute Gasteiger partial charge is 0.324 e. The quantitative estimate of drug-likeness (QED) is 0.741. The summed E-state index contributed by atoms with van der Waals surface area (Å²) in [6.07, 6.45) is 3.10. The van der Waals surface area contributed by atoms with Gasteiger partial charge >= 0.3 is 0 Å². The Morgan fingerprint density at radius 1 is 1.17 bits per heavy atom. The van der Waals surface area contributed by atoms with Gasteiger partial charge in [-0.3, -0.25) is 9.79 Å². The SMILES string of the molecule is CC=Nc1c(CC)cccc1NC(=O)CC(C)c1ccccc1. The summed E-state index contributed by atoms with van der Waals surface area (Å²) in [5, 5.41) is 3.02. The third kappa shape index (κ3) is 4.52. The number of anilines is 1. The lowest BCUT2D eigenvalue weighted by Crippen LogP contribution is -2.14. The Bertz CT molecular complexity index is 677. The van der Waals surface area contributed by atoms with E-state index in [9.17, 15) is 4.79 Å². The summed E-state index contributed by atoms with van der Waals surface area (Å²) in [5.41, 5.74) is 3.96. The maximum atomic E-state index is 12.4. The number of aliphatic imine (C=N–C) groups is 1. The maximum Gasteiger partial charge on any atom is 0.225 e. The topological polar surface area (TPSA) is 41.5 Å². The Balaban J connectivity index is 2.11. The van der Waals surface area contributed by atoms with Gasteiger partial charge in [0, 0.05) is 12.6 Å². The van der Waals surface area contributed by atoms with E-state index in [-0.39, 0.29) is 11.8 Å². The molecule has 0 aliphatic heterocycles. The molecule has 0 bridgehead atoms. The summed E-state index contributed by atoms with van der Waals surface area (Å²) in [4.78, 5) is 16.8. The van der Waals surface area contributed by atoms with Crippen molar-refractivity contribution in [3.8, 4) is 0 Å². The first-order valence-corrected chi connectivity index (χ1v) is 8.11. The van der Waals surface area contributed by atoms with Crippen molar-refractivity contribution in [1.29, 1.82) is 0 Å². The van der Waals surface area contributed by atoms with Crippen molar-refractivity contribution < 1.29 is 4.79 Å². The molecular weight excluding hydrogens is 284 g/mol. The number of benzene rings is 2. The van der Waals surface area contributed by atoms with Crippen LogP contribution in [0.5, 0.6) is 0 Å². The lowest BCUT2D eigenvalue weighted by Gasteiger charge is -2.14. The minimum Gasteiger partial charge on any atom is -0.324 e. The van der Waals surface area contributed by atoms with E-state index in [4.69, 9.17) is 0 Å². The van der Waals surface area contributed by atoms with Gasteiger partial charge in [0.1, 0.15) is 0 Å². The summed E-state index contributed by atoms with van der Waals surface area (Å²) in [7, 11) is 0. The molecule has 0 aliphatic carbocycles. The molecule has 0 radical (unpaired) electrons. The van der Waals surface area contributed by atoms with Gasteiger partial charge in [-0.2, -0.15) is 0 Å². The number of aryl methyl sites for hydroxylation is 1.